The number of ether oxygens (including phenoxy) is 2. The molecule has 8 heteroatoms. The molecular weight excluding hydrogens is 358 g/mol. The zero-order valence-corrected chi connectivity index (χ0v) is 16.2. The standard InChI is InChI=1S/C20H27N5O3/c1-2-25-17(5-7-22-25)20(26)24-10-13-28-18(15-23-8-11-27-12-9-23)19(24)16-4-3-6-21-14-16/h3-7,14,18-19H,2,8-13,15H2,1H3/t18-,19-/m0/s1. The molecule has 4 heterocycles. The van der Waals surface area contributed by atoms with E-state index >= 15 is 0 Å². The number of hydrogen-bond donors (Lipinski definition) is 0. The number of pyridine rings is 1. The summed E-state index contributed by atoms with van der Waals surface area (Å²) in [6.45, 7) is 7.73. The topological polar surface area (TPSA) is 72.7 Å². The highest BCUT2D eigenvalue weighted by molar-refractivity contribution is 5.93. The Hall–Kier alpha value is -2.29. The van der Waals surface area contributed by atoms with Crippen molar-refractivity contribution in [2.24, 2.45) is 0 Å². The van der Waals surface area contributed by atoms with Crippen LogP contribution in [0.4, 0.5) is 0 Å². The minimum atomic E-state index is -0.182. The molecule has 2 aromatic rings. The number of carbonyl (C=O) groups excluding carboxylic acids is 1. The summed E-state index contributed by atoms with van der Waals surface area (Å²) in [4.78, 5) is 22.0. The number of rotatable bonds is 5. The maximum absolute atomic E-state index is 13.4. The van der Waals surface area contributed by atoms with Gasteiger partial charge in [0.25, 0.3) is 5.91 Å². The fraction of sp³-hybridized carbons (Fsp3) is 0.550. The van der Waals surface area contributed by atoms with Crippen LogP contribution in [-0.4, -0.2) is 82.6 Å². The third kappa shape index (κ3) is 3.94. The molecule has 28 heavy (non-hydrogen) atoms. The van der Waals surface area contributed by atoms with Gasteiger partial charge in [-0.2, -0.15) is 5.10 Å². The summed E-state index contributed by atoms with van der Waals surface area (Å²) in [6, 6.07) is 5.54. The van der Waals surface area contributed by atoms with E-state index in [4.69, 9.17) is 9.47 Å². The van der Waals surface area contributed by atoms with E-state index in [9.17, 15) is 4.79 Å². The van der Waals surface area contributed by atoms with Gasteiger partial charge in [0.05, 0.1) is 32.0 Å². The second-order valence-electron chi connectivity index (χ2n) is 7.08. The molecule has 150 valence electrons. The molecule has 0 aliphatic carbocycles. The monoisotopic (exact) mass is 385 g/mol. The van der Waals surface area contributed by atoms with Crippen LogP contribution in [0.1, 0.15) is 29.0 Å². The van der Waals surface area contributed by atoms with Crippen molar-refractivity contribution < 1.29 is 14.3 Å². The van der Waals surface area contributed by atoms with E-state index in [1.54, 1.807) is 23.1 Å². The van der Waals surface area contributed by atoms with Crippen molar-refractivity contribution in [2.45, 2.75) is 25.6 Å². The van der Waals surface area contributed by atoms with Crippen molar-refractivity contribution in [1.82, 2.24) is 24.6 Å². The molecule has 0 N–H and O–H groups in total. The van der Waals surface area contributed by atoms with Gasteiger partial charge in [-0.1, -0.05) is 6.07 Å². The van der Waals surface area contributed by atoms with Crippen molar-refractivity contribution in [3.8, 4) is 0 Å². The molecule has 0 bridgehead atoms. The Morgan fingerprint density at radius 2 is 2.04 bits per heavy atom. The first-order valence-electron chi connectivity index (χ1n) is 9.92. The Labute approximate surface area is 165 Å². The highest BCUT2D eigenvalue weighted by Gasteiger charge is 2.38. The quantitative estimate of drug-likeness (QED) is 0.770. The fourth-order valence-electron chi connectivity index (χ4n) is 4.01. The number of nitrogens with zero attached hydrogens (tertiary/aromatic N) is 5. The summed E-state index contributed by atoms with van der Waals surface area (Å²) < 4.78 is 13.4. The third-order valence-electron chi connectivity index (χ3n) is 5.42. The minimum absolute atomic E-state index is 0.0107. The van der Waals surface area contributed by atoms with Gasteiger partial charge in [-0.3, -0.25) is 19.4 Å². The Kier molecular flexibility index (Phi) is 5.99. The normalized spacial score (nSPS) is 23.7. The number of aromatic nitrogens is 3. The van der Waals surface area contributed by atoms with Gasteiger partial charge in [0, 0.05) is 51.3 Å². The highest BCUT2D eigenvalue weighted by Crippen LogP contribution is 2.31. The van der Waals surface area contributed by atoms with E-state index in [-0.39, 0.29) is 18.1 Å². The maximum Gasteiger partial charge on any atom is 0.272 e. The molecule has 2 atom stereocenters. The van der Waals surface area contributed by atoms with Crippen LogP contribution in [0.2, 0.25) is 0 Å². The highest BCUT2D eigenvalue weighted by atomic mass is 16.5. The van der Waals surface area contributed by atoms with Crippen LogP contribution in [0.3, 0.4) is 0 Å². The van der Waals surface area contributed by atoms with Crippen LogP contribution < -0.4 is 0 Å². The fourth-order valence-corrected chi connectivity index (χ4v) is 4.01. The first-order chi connectivity index (χ1) is 13.8. The van der Waals surface area contributed by atoms with Gasteiger partial charge in [-0.25, -0.2) is 0 Å². The van der Waals surface area contributed by atoms with Gasteiger partial charge in [-0.05, 0) is 24.6 Å². The summed E-state index contributed by atoms with van der Waals surface area (Å²) in [7, 11) is 0. The lowest BCUT2D eigenvalue weighted by atomic mass is 9.98. The molecule has 0 aromatic carbocycles. The molecule has 2 aromatic heterocycles. The summed E-state index contributed by atoms with van der Waals surface area (Å²) in [6.07, 6.45) is 5.16. The number of morpholine rings is 2. The van der Waals surface area contributed by atoms with E-state index in [0.717, 1.165) is 38.4 Å². The van der Waals surface area contributed by atoms with Crippen LogP contribution >= 0.6 is 0 Å². The number of carbonyl (C=O) groups is 1. The predicted octanol–water partition coefficient (Wildman–Crippen LogP) is 1.21. The van der Waals surface area contributed by atoms with Gasteiger partial charge in [-0.15, -0.1) is 0 Å². The Bertz CT molecular complexity index is 775. The summed E-state index contributed by atoms with van der Waals surface area (Å²) in [5.41, 5.74) is 1.61. The minimum Gasteiger partial charge on any atom is -0.379 e. The third-order valence-corrected chi connectivity index (χ3v) is 5.42. The molecule has 2 saturated heterocycles. The van der Waals surface area contributed by atoms with Gasteiger partial charge in [0.1, 0.15) is 5.69 Å². The van der Waals surface area contributed by atoms with E-state index in [1.165, 1.54) is 0 Å². The first kappa shape index (κ1) is 19.0. The van der Waals surface area contributed by atoms with Crippen LogP contribution in [0.25, 0.3) is 0 Å². The molecule has 8 nitrogen and oxygen atoms in total. The van der Waals surface area contributed by atoms with Crippen LogP contribution in [0, 0.1) is 0 Å². The average Bonchev–Trinajstić information content (AvgIpc) is 3.23. The lowest BCUT2D eigenvalue weighted by molar-refractivity contribution is -0.0821. The summed E-state index contributed by atoms with van der Waals surface area (Å²) in [5.74, 6) is -0.0107. The SMILES string of the molecule is CCn1nccc1C(=O)N1CCO[C@@H](CN2CCOCC2)[C@@H]1c1cccnc1. The molecule has 4 rings (SSSR count). The summed E-state index contributed by atoms with van der Waals surface area (Å²) in [5, 5.41) is 4.26. The molecule has 1 amide bonds. The van der Waals surface area contributed by atoms with Crippen molar-refractivity contribution in [3.63, 3.8) is 0 Å². The Morgan fingerprint density at radius 1 is 1.18 bits per heavy atom. The van der Waals surface area contributed by atoms with Crippen molar-refractivity contribution in [1.29, 1.82) is 0 Å². The zero-order chi connectivity index (χ0) is 19.3. The Morgan fingerprint density at radius 3 is 2.79 bits per heavy atom. The molecule has 2 fully saturated rings. The smallest absolute Gasteiger partial charge is 0.272 e. The van der Waals surface area contributed by atoms with Gasteiger partial charge >= 0.3 is 0 Å². The number of hydrogen-bond acceptors (Lipinski definition) is 6. The van der Waals surface area contributed by atoms with E-state index in [1.807, 2.05) is 30.2 Å². The lowest BCUT2D eigenvalue weighted by Crippen LogP contribution is -2.53. The second-order valence-corrected chi connectivity index (χ2v) is 7.08. The van der Waals surface area contributed by atoms with Gasteiger partial charge in [0.15, 0.2) is 0 Å². The molecule has 0 spiro atoms. The number of amides is 1. The Balaban J connectivity index is 1.62. The largest absolute Gasteiger partial charge is 0.379 e. The van der Waals surface area contributed by atoms with E-state index in [0.29, 0.717) is 25.4 Å². The zero-order valence-electron chi connectivity index (χ0n) is 16.2. The van der Waals surface area contributed by atoms with Crippen LogP contribution in [0.5, 0.6) is 0 Å². The predicted molar refractivity (Wildman–Crippen MR) is 103 cm³/mol. The van der Waals surface area contributed by atoms with E-state index in [2.05, 4.69) is 15.0 Å². The van der Waals surface area contributed by atoms with Crippen molar-refractivity contribution in [2.75, 3.05) is 46.0 Å². The van der Waals surface area contributed by atoms with Crippen molar-refractivity contribution in [3.05, 3.63) is 48.0 Å². The average molecular weight is 385 g/mol. The molecular formula is C20H27N5O3. The molecule has 0 saturated carbocycles. The maximum atomic E-state index is 13.4. The summed E-state index contributed by atoms with van der Waals surface area (Å²) >= 11 is 0. The van der Waals surface area contributed by atoms with Gasteiger partial charge < -0.3 is 14.4 Å². The molecule has 2 aliphatic heterocycles. The molecule has 2 aliphatic rings. The molecule has 0 radical (unpaired) electrons. The number of aryl methyl sites for hydroxylation is 1. The van der Waals surface area contributed by atoms with Gasteiger partial charge in [0.2, 0.25) is 0 Å². The van der Waals surface area contributed by atoms with Crippen molar-refractivity contribution >= 4 is 5.91 Å². The first-order valence-corrected chi connectivity index (χ1v) is 9.92. The second kappa shape index (κ2) is 8.81. The van der Waals surface area contributed by atoms with E-state index < -0.39 is 0 Å². The van der Waals surface area contributed by atoms with Crippen LogP contribution in [-0.2, 0) is 16.0 Å². The molecule has 0 unspecified atom stereocenters. The van der Waals surface area contributed by atoms with Crippen LogP contribution in [0.15, 0.2) is 36.8 Å². The lowest BCUT2D eigenvalue weighted by Gasteiger charge is -2.43.